The Morgan fingerprint density at radius 3 is 2.54 bits per heavy atom. The van der Waals surface area contributed by atoms with E-state index < -0.39 is 11.6 Å². The fraction of sp³-hybridized carbons (Fsp3) is 0.300. The molecule has 0 aliphatic rings. The molecular weight excluding hydrogens is 171 g/mol. The minimum Gasteiger partial charge on any atom is -0.504 e. The number of hydrogen-bond acceptors (Lipinski definition) is 2. The summed E-state index contributed by atoms with van der Waals surface area (Å²) in [5.74, 6) is -1.22. The number of aldehydes is 1. The van der Waals surface area contributed by atoms with Crippen LogP contribution in [0.4, 0.5) is 4.39 Å². The Bertz CT molecular complexity index is 332. The molecule has 1 aromatic rings. The average molecular weight is 182 g/mol. The summed E-state index contributed by atoms with van der Waals surface area (Å²) in [4.78, 5) is 10.6. The summed E-state index contributed by atoms with van der Waals surface area (Å²) < 4.78 is 12.8. The van der Waals surface area contributed by atoms with E-state index in [1.54, 1.807) is 0 Å². The molecule has 0 aromatic heterocycles. The first-order valence-corrected chi connectivity index (χ1v) is 4.04. The van der Waals surface area contributed by atoms with Gasteiger partial charge in [0.2, 0.25) is 0 Å². The Kier molecular flexibility index (Phi) is 2.66. The van der Waals surface area contributed by atoms with Crippen molar-refractivity contribution in [3.05, 3.63) is 29.1 Å². The van der Waals surface area contributed by atoms with Crippen LogP contribution in [0.3, 0.4) is 0 Å². The van der Waals surface area contributed by atoms with E-state index in [1.807, 2.05) is 13.8 Å². The van der Waals surface area contributed by atoms with Crippen LogP contribution >= 0.6 is 0 Å². The normalized spacial score (nSPS) is 10.5. The fourth-order valence-corrected chi connectivity index (χ4v) is 1.22. The molecule has 0 saturated carbocycles. The molecule has 3 heteroatoms. The predicted octanol–water partition coefficient (Wildman–Crippen LogP) is 2.47. The van der Waals surface area contributed by atoms with Crippen molar-refractivity contribution in [3.63, 3.8) is 0 Å². The maximum Gasteiger partial charge on any atom is 0.165 e. The second-order valence-corrected chi connectivity index (χ2v) is 3.17. The lowest BCUT2D eigenvalue weighted by atomic mass is 9.97. The Morgan fingerprint density at radius 1 is 1.46 bits per heavy atom. The van der Waals surface area contributed by atoms with Crippen LogP contribution in [0.1, 0.15) is 35.7 Å². The van der Waals surface area contributed by atoms with Gasteiger partial charge in [0.25, 0.3) is 0 Å². The standard InChI is InChI=1S/C10H11FO2/c1-6(2)7-3-4-9(11)10(13)8(7)5-12/h3-6,13H,1-2H3. The van der Waals surface area contributed by atoms with Crippen LogP contribution in [0.15, 0.2) is 12.1 Å². The van der Waals surface area contributed by atoms with Gasteiger partial charge in [0, 0.05) is 0 Å². The number of carbonyl (C=O) groups excluding carboxylic acids is 1. The second-order valence-electron chi connectivity index (χ2n) is 3.17. The number of aromatic hydroxyl groups is 1. The van der Waals surface area contributed by atoms with Gasteiger partial charge in [-0.3, -0.25) is 4.79 Å². The molecule has 13 heavy (non-hydrogen) atoms. The zero-order valence-electron chi connectivity index (χ0n) is 7.54. The van der Waals surface area contributed by atoms with Crippen molar-refractivity contribution in [1.29, 1.82) is 0 Å². The summed E-state index contributed by atoms with van der Waals surface area (Å²) in [5.41, 5.74) is 0.712. The van der Waals surface area contributed by atoms with Gasteiger partial charge in [-0.25, -0.2) is 4.39 Å². The Morgan fingerprint density at radius 2 is 2.08 bits per heavy atom. The summed E-state index contributed by atoms with van der Waals surface area (Å²) >= 11 is 0. The molecule has 0 unspecified atom stereocenters. The number of hydrogen-bond donors (Lipinski definition) is 1. The topological polar surface area (TPSA) is 37.3 Å². The molecule has 1 N–H and O–H groups in total. The van der Waals surface area contributed by atoms with Gasteiger partial charge in [-0.15, -0.1) is 0 Å². The van der Waals surface area contributed by atoms with Crippen molar-refractivity contribution < 1.29 is 14.3 Å². The molecule has 0 aliphatic carbocycles. The number of phenolic OH excluding ortho intramolecular Hbond substituents is 1. The van der Waals surface area contributed by atoms with Crippen LogP contribution in [-0.2, 0) is 0 Å². The third-order valence-electron chi connectivity index (χ3n) is 1.94. The van der Waals surface area contributed by atoms with Crippen molar-refractivity contribution in [2.75, 3.05) is 0 Å². The van der Waals surface area contributed by atoms with Crippen molar-refractivity contribution >= 4 is 6.29 Å². The lowest BCUT2D eigenvalue weighted by Crippen LogP contribution is -1.97. The molecule has 0 atom stereocenters. The third-order valence-corrected chi connectivity index (χ3v) is 1.94. The quantitative estimate of drug-likeness (QED) is 0.713. The fourth-order valence-electron chi connectivity index (χ4n) is 1.22. The van der Waals surface area contributed by atoms with Crippen LogP contribution in [0, 0.1) is 5.82 Å². The van der Waals surface area contributed by atoms with Gasteiger partial charge in [-0.2, -0.15) is 0 Å². The van der Waals surface area contributed by atoms with Crippen LogP contribution < -0.4 is 0 Å². The zero-order chi connectivity index (χ0) is 10.0. The smallest absolute Gasteiger partial charge is 0.165 e. The SMILES string of the molecule is CC(C)c1ccc(F)c(O)c1C=O. The van der Waals surface area contributed by atoms with Gasteiger partial charge < -0.3 is 5.11 Å². The van der Waals surface area contributed by atoms with Crippen LogP contribution in [0.25, 0.3) is 0 Å². The van der Waals surface area contributed by atoms with E-state index in [-0.39, 0.29) is 11.5 Å². The highest BCUT2D eigenvalue weighted by Gasteiger charge is 2.13. The molecule has 70 valence electrons. The lowest BCUT2D eigenvalue weighted by Gasteiger charge is -2.09. The van der Waals surface area contributed by atoms with Crippen molar-refractivity contribution in [2.24, 2.45) is 0 Å². The molecule has 0 heterocycles. The number of halogens is 1. The van der Waals surface area contributed by atoms with Crippen molar-refractivity contribution in [3.8, 4) is 5.75 Å². The molecule has 0 fully saturated rings. The maximum absolute atomic E-state index is 12.8. The summed E-state index contributed by atoms with van der Waals surface area (Å²) in [6, 6.07) is 2.68. The average Bonchev–Trinajstić information content (AvgIpc) is 2.09. The van der Waals surface area contributed by atoms with E-state index in [0.29, 0.717) is 11.8 Å². The molecule has 0 amide bonds. The summed E-state index contributed by atoms with van der Waals surface area (Å²) in [6.45, 7) is 3.75. The van der Waals surface area contributed by atoms with E-state index in [1.165, 1.54) is 6.07 Å². The number of rotatable bonds is 2. The number of carbonyl (C=O) groups is 1. The molecule has 2 nitrogen and oxygen atoms in total. The molecule has 0 bridgehead atoms. The van der Waals surface area contributed by atoms with E-state index in [4.69, 9.17) is 0 Å². The number of benzene rings is 1. The lowest BCUT2D eigenvalue weighted by molar-refractivity contribution is 0.111. The first kappa shape index (κ1) is 9.71. The first-order chi connectivity index (χ1) is 6.07. The van der Waals surface area contributed by atoms with Crippen LogP contribution in [0.2, 0.25) is 0 Å². The summed E-state index contributed by atoms with van der Waals surface area (Å²) in [5, 5.41) is 9.22. The summed E-state index contributed by atoms with van der Waals surface area (Å²) in [6.07, 6.45) is 0.480. The molecule has 0 aliphatic heterocycles. The Hall–Kier alpha value is -1.38. The van der Waals surface area contributed by atoms with Gasteiger partial charge in [0.05, 0.1) is 5.56 Å². The summed E-state index contributed by atoms with van der Waals surface area (Å²) in [7, 11) is 0. The first-order valence-electron chi connectivity index (χ1n) is 4.04. The van der Waals surface area contributed by atoms with Gasteiger partial charge in [0.15, 0.2) is 17.9 Å². The molecule has 1 aromatic carbocycles. The molecule has 0 radical (unpaired) electrons. The minimum absolute atomic E-state index is 0.0509. The monoisotopic (exact) mass is 182 g/mol. The van der Waals surface area contributed by atoms with Gasteiger partial charge in [-0.1, -0.05) is 19.9 Å². The van der Waals surface area contributed by atoms with E-state index in [9.17, 15) is 14.3 Å². The molecule has 0 spiro atoms. The van der Waals surface area contributed by atoms with Crippen LogP contribution in [0.5, 0.6) is 5.75 Å². The third kappa shape index (κ3) is 1.69. The van der Waals surface area contributed by atoms with Gasteiger partial charge >= 0.3 is 0 Å². The highest BCUT2D eigenvalue weighted by Crippen LogP contribution is 2.27. The van der Waals surface area contributed by atoms with Crippen molar-refractivity contribution in [1.82, 2.24) is 0 Å². The molecule has 1 rings (SSSR count). The molecular formula is C10H11FO2. The van der Waals surface area contributed by atoms with E-state index in [2.05, 4.69) is 0 Å². The maximum atomic E-state index is 12.8. The highest BCUT2D eigenvalue weighted by atomic mass is 19.1. The predicted molar refractivity (Wildman–Crippen MR) is 47.5 cm³/mol. The number of phenols is 1. The zero-order valence-corrected chi connectivity index (χ0v) is 7.54. The Balaban J connectivity index is 3.38. The highest BCUT2D eigenvalue weighted by molar-refractivity contribution is 5.81. The van der Waals surface area contributed by atoms with Crippen molar-refractivity contribution in [2.45, 2.75) is 19.8 Å². The van der Waals surface area contributed by atoms with E-state index >= 15 is 0 Å². The Labute approximate surface area is 76.0 Å². The van der Waals surface area contributed by atoms with Gasteiger partial charge in [-0.05, 0) is 17.5 Å². The van der Waals surface area contributed by atoms with Gasteiger partial charge in [0.1, 0.15) is 0 Å². The largest absolute Gasteiger partial charge is 0.504 e. The van der Waals surface area contributed by atoms with E-state index in [0.717, 1.165) is 6.07 Å². The second kappa shape index (κ2) is 3.56. The van der Waals surface area contributed by atoms with Crippen LogP contribution in [-0.4, -0.2) is 11.4 Å². The molecule has 0 saturated heterocycles. The minimum atomic E-state index is -0.758.